The Kier molecular flexibility index (Phi) is 16.6. The molecule has 344 valence electrons. The highest BCUT2D eigenvalue weighted by Gasteiger charge is 2.55. The highest BCUT2D eigenvalue weighted by Crippen LogP contribution is 2.40. The van der Waals surface area contributed by atoms with Gasteiger partial charge in [-0.1, -0.05) is 39.0 Å². The maximum absolute atomic E-state index is 13.0. The second kappa shape index (κ2) is 20.3. The van der Waals surface area contributed by atoms with Gasteiger partial charge in [0.1, 0.15) is 67.1 Å². The molecular formula is C37H64N4O18Si. The summed E-state index contributed by atoms with van der Waals surface area (Å²) in [6.45, 7) is 7.11. The number of rotatable bonds is 14. The van der Waals surface area contributed by atoms with Crippen molar-refractivity contribution in [2.45, 2.75) is 161 Å². The first-order chi connectivity index (χ1) is 28.2. The second-order valence-electron chi connectivity index (χ2n) is 17.1. The molecule has 5 rings (SSSR count). The molecule has 0 aromatic heterocycles. The summed E-state index contributed by atoms with van der Waals surface area (Å²) in [5.74, 6) is -0.827. The fraction of sp³-hybridized carbons (Fsp3) is 0.811. The molecule has 1 aromatic rings. The van der Waals surface area contributed by atoms with Crippen LogP contribution in [0.4, 0.5) is 0 Å². The predicted molar refractivity (Wildman–Crippen MR) is 207 cm³/mol. The summed E-state index contributed by atoms with van der Waals surface area (Å²) in [5.41, 5.74) is 25.5. The molecule has 4 heterocycles. The molecule has 60 heavy (non-hydrogen) atoms. The van der Waals surface area contributed by atoms with E-state index in [1.165, 1.54) is 12.1 Å². The minimum atomic E-state index is -2.48. The largest absolute Gasteiger partial charge is 0.454 e. The fourth-order valence-electron chi connectivity index (χ4n) is 7.26. The lowest BCUT2D eigenvalue weighted by atomic mass is 9.94. The number of hydrogen-bond acceptors (Lipinski definition) is 22. The first-order valence-electron chi connectivity index (χ1n) is 19.9. The van der Waals surface area contributed by atoms with Crippen molar-refractivity contribution in [2.24, 2.45) is 22.9 Å². The number of aliphatic hydroxyl groups is 8. The molecule has 0 bridgehead atoms. The van der Waals surface area contributed by atoms with E-state index in [-0.39, 0.29) is 10.6 Å². The monoisotopic (exact) mass is 880 g/mol. The minimum absolute atomic E-state index is 0.154. The van der Waals surface area contributed by atoms with Gasteiger partial charge in [-0.15, -0.1) is 0 Å². The molecule has 20 atom stereocenters. The van der Waals surface area contributed by atoms with Crippen molar-refractivity contribution < 1.29 is 88.0 Å². The van der Waals surface area contributed by atoms with E-state index in [9.17, 15) is 45.6 Å². The molecule has 4 aliphatic rings. The predicted octanol–water partition coefficient (Wildman–Crippen LogP) is -4.99. The lowest BCUT2D eigenvalue weighted by Crippen LogP contribution is -2.70. The van der Waals surface area contributed by atoms with Gasteiger partial charge in [0.25, 0.3) is 0 Å². The van der Waals surface area contributed by atoms with E-state index in [1.807, 2.05) is 33.9 Å². The van der Waals surface area contributed by atoms with Crippen molar-refractivity contribution in [2.75, 3.05) is 26.4 Å². The third-order valence-corrected chi connectivity index (χ3v) is 16.4. The van der Waals surface area contributed by atoms with Gasteiger partial charge in [-0.25, -0.2) is 4.79 Å². The van der Waals surface area contributed by atoms with Crippen LogP contribution in [0, 0.1) is 0 Å². The molecule has 0 amide bonds. The van der Waals surface area contributed by atoms with E-state index in [4.69, 9.17) is 65.3 Å². The van der Waals surface area contributed by atoms with Gasteiger partial charge in [0.05, 0.1) is 56.2 Å². The molecule has 22 nitrogen and oxygen atoms in total. The summed E-state index contributed by atoms with van der Waals surface area (Å²) in [4.78, 5) is 13.0. The molecule has 0 aliphatic carbocycles. The summed E-state index contributed by atoms with van der Waals surface area (Å²) in [7, 11) is -2.48. The van der Waals surface area contributed by atoms with Gasteiger partial charge in [-0.3, -0.25) is 0 Å². The van der Waals surface area contributed by atoms with Crippen molar-refractivity contribution in [3.8, 4) is 0 Å². The summed E-state index contributed by atoms with van der Waals surface area (Å²) in [5, 5.41) is 85.5. The summed E-state index contributed by atoms with van der Waals surface area (Å²) in [6.07, 6.45) is -22.9. The molecule has 0 radical (unpaired) electrons. The highest BCUT2D eigenvalue weighted by molar-refractivity contribution is 6.74. The van der Waals surface area contributed by atoms with Crippen molar-refractivity contribution in [1.29, 1.82) is 0 Å². The van der Waals surface area contributed by atoms with E-state index in [0.717, 1.165) is 0 Å². The Morgan fingerprint density at radius 2 is 0.983 bits per heavy atom. The Bertz CT molecular complexity index is 1510. The van der Waals surface area contributed by atoms with Crippen LogP contribution in [0.25, 0.3) is 0 Å². The van der Waals surface area contributed by atoms with Gasteiger partial charge < -0.3 is 106 Å². The fourth-order valence-corrected chi connectivity index (χ4v) is 8.58. The zero-order valence-electron chi connectivity index (χ0n) is 34.2. The average Bonchev–Trinajstić information content (AvgIpc) is 3.21. The number of ether oxygens (including phenoxy) is 8. The zero-order valence-corrected chi connectivity index (χ0v) is 35.2. The number of esters is 1. The molecule has 4 saturated heterocycles. The Morgan fingerprint density at radius 1 is 0.600 bits per heavy atom. The van der Waals surface area contributed by atoms with Crippen LogP contribution in [0.2, 0.25) is 18.1 Å². The van der Waals surface area contributed by atoms with Crippen LogP contribution < -0.4 is 22.9 Å². The maximum Gasteiger partial charge on any atom is 0.338 e. The van der Waals surface area contributed by atoms with E-state index in [2.05, 4.69) is 0 Å². The molecule has 0 saturated carbocycles. The zero-order chi connectivity index (χ0) is 44.4. The van der Waals surface area contributed by atoms with Gasteiger partial charge in [-0.2, -0.15) is 0 Å². The van der Waals surface area contributed by atoms with Crippen LogP contribution in [-0.4, -0.2) is 204 Å². The molecule has 0 spiro atoms. The summed E-state index contributed by atoms with van der Waals surface area (Å²) >= 11 is 0. The van der Waals surface area contributed by atoms with Crippen molar-refractivity contribution >= 4 is 14.3 Å². The third-order valence-electron chi connectivity index (χ3n) is 12.0. The van der Waals surface area contributed by atoms with Crippen LogP contribution in [0.15, 0.2) is 30.3 Å². The molecule has 10 unspecified atom stereocenters. The first kappa shape index (κ1) is 49.1. The van der Waals surface area contributed by atoms with Crippen LogP contribution in [0.1, 0.15) is 31.1 Å². The van der Waals surface area contributed by atoms with Gasteiger partial charge >= 0.3 is 5.97 Å². The van der Waals surface area contributed by atoms with Gasteiger partial charge in [0.15, 0.2) is 39.6 Å². The number of carbonyl (C=O) groups is 1. The Labute approximate surface area is 348 Å². The van der Waals surface area contributed by atoms with Crippen molar-refractivity contribution in [1.82, 2.24) is 0 Å². The smallest absolute Gasteiger partial charge is 0.338 e. The number of hydrogen-bond donors (Lipinski definition) is 12. The van der Waals surface area contributed by atoms with Gasteiger partial charge in [0, 0.05) is 0 Å². The topological polar surface area (TPSA) is 366 Å². The molecule has 4 fully saturated rings. The van der Waals surface area contributed by atoms with Crippen LogP contribution in [0.5, 0.6) is 0 Å². The molecule has 23 heteroatoms. The second-order valence-corrected chi connectivity index (χ2v) is 21.8. The number of carbonyl (C=O) groups excluding carboxylic acids is 1. The quantitative estimate of drug-likeness (QED) is 0.0615. The lowest BCUT2D eigenvalue weighted by molar-refractivity contribution is -0.358. The van der Waals surface area contributed by atoms with Gasteiger partial charge in [-0.05, 0) is 30.3 Å². The van der Waals surface area contributed by atoms with Crippen LogP contribution in [-0.2, 0) is 42.3 Å². The van der Waals surface area contributed by atoms with E-state index < -0.39 is 163 Å². The maximum atomic E-state index is 13.0. The normalized spacial score (nSPS) is 43.1. The average molecular weight is 881 g/mol. The van der Waals surface area contributed by atoms with E-state index in [1.54, 1.807) is 18.2 Å². The van der Waals surface area contributed by atoms with Crippen molar-refractivity contribution in [3.63, 3.8) is 0 Å². The Balaban J connectivity index is 1.26. The SMILES string of the molecule is CC(C)(C)[Si](C)(C)OC1C(CO)OC(O[C@H]2C(CO)O[C@H](OC3C(CO)OC(O[C@H]4C(CO)O[C@H](O)[C@H](N)C4OC(=O)c4ccccc4)[C@@H](N)[C@H]3O)[C@H](N)C2O)[C@@H](N)[C@H]1O. The summed E-state index contributed by atoms with van der Waals surface area (Å²) in [6, 6.07) is 2.35. The standard InChI is InChI=1S/C37H64N4O18Si/c1-37(2,3)60(4,5)59-29-18(13-44)54-35(22(40)26(29)48)57-27-16(11-42)52-34(20(38)24(27)46)56-28-17(12-43)53-36(21(39)25(28)47)58-30-19(14-45)51-33(50)23(41)31(30)55-32(49)15-9-7-6-8-10-15/h6-10,16-31,33-36,42-48,50H,11-14,38-41H2,1-5H3/t16?,17?,18?,19?,20-,21+,22+,23-,24?,25-,26-,27+,28?,29?,30+,31?,33+,34-,35?,36?/m1/s1. The number of aliphatic hydroxyl groups excluding tert-OH is 8. The van der Waals surface area contributed by atoms with Crippen LogP contribution >= 0.6 is 0 Å². The number of nitrogens with two attached hydrogens (primary N) is 4. The van der Waals surface area contributed by atoms with E-state index >= 15 is 0 Å². The highest BCUT2D eigenvalue weighted by atomic mass is 28.4. The molecule has 4 aliphatic heterocycles. The molecular weight excluding hydrogens is 817 g/mol. The first-order valence-corrected chi connectivity index (χ1v) is 22.8. The third kappa shape index (κ3) is 10.4. The van der Waals surface area contributed by atoms with Crippen LogP contribution in [0.3, 0.4) is 0 Å². The molecule has 16 N–H and O–H groups in total. The Morgan fingerprint density at radius 3 is 1.40 bits per heavy atom. The summed E-state index contributed by atoms with van der Waals surface area (Å²) < 4.78 is 53.3. The van der Waals surface area contributed by atoms with Crippen molar-refractivity contribution in [3.05, 3.63) is 35.9 Å². The minimum Gasteiger partial charge on any atom is -0.454 e. The molecule has 1 aromatic carbocycles. The van der Waals surface area contributed by atoms with Gasteiger partial charge in [0.2, 0.25) is 0 Å². The van der Waals surface area contributed by atoms with E-state index in [0.29, 0.717) is 0 Å². The lowest BCUT2D eigenvalue weighted by Gasteiger charge is -2.50. The Hall–Kier alpha value is -1.89. The number of benzene rings is 1.